The molecule has 6 nitrogen and oxygen atoms in total. The minimum absolute atomic E-state index is 0.0218. The van der Waals surface area contributed by atoms with E-state index in [1.54, 1.807) is 19.4 Å². The monoisotopic (exact) mass is 414 g/mol. The number of hydrogen-bond donors (Lipinski definition) is 1. The number of aliphatic hydroxyl groups excluding tert-OH is 1. The van der Waals surface area contributed by atoms with Crippen LogP contribution in [0.3, 0.4) is 0 Å². The number of nitrogens with zero attached hydrogens (tertiary/aromatic N) is 2. The zero-order valence-corrected chi connectivity index (χ0v) is 17.5. The molecule has 0 spiro atoms. The van der Waals surface area contributed by atoms with Crippen LogP contribution in [0.15, 0.2) is 47.6 Å². The van der Waals surface area contributed by atoms with Gasteiger partial charge < -0.3 is 19.5 Å². The molecule has 2 heterocycles. The Labute approximate surface area is 175 Å². The van der Waals surface area contributed by atoms with Crippen LogP contribution < -0.4 is 9.47 Å². The van der Waals surface area contributed by atoms with Crippen molar-refractivity contribution in [1.29, 1.82) is 0 Å². The summed E-state index contributed by atoms with van der Waals surface area (Å²) >= 11 is 1.48. The van der Waals surface area contributed by atoms with Crippen molar-refractivity contribution in [2.75, 3.05) is 26.5 Å². The smallest absolute Gasteiger partial charge is 0.256 e. The summed E-state index contributed by atoms with van der Waals surface area (Å²) in [7, 11) is 1.61. The second kappa shape index (κ2) is 8.63. The zero-order chi connectivity index (χ0) is 20.4. The average Bonchev–Trinajstić information content (AvgIpc) is 3.16. The largest absolute Gasteiger partial charge is 0.493 e. The van der Waals surface area contributed by atoms with E-state index in [0.717, 1.165) is 11.4 Å². The number of para-hydroxylation sites is 2. The van der Waals surface area contributed by atoms with Gasteiger partial charge in [0.25, 0.3) is 5.91 Å². The van der Waals surface area contributed by atoms with Gasteiger partial charge >= 0.3 is 0 Å². The average molecular weight is 415 g/mol. The van der Waals surface area contributed by atoms with Crippen molar-refractivity contribution in [2.45, 2.75) is 30.1 Å². The molecule has 1 saturated heterocycles. The number of carbonyl (C=O) groups excluding carboxylic acids is 1. The molecule has 1 aliphatic heterocycles. The molecule has 0 radical (unpaired) electrons. The van der Waals surface area contributed by atoms with Crippen molar-refractivity contribution >= 4 is 17.7 Å². The number of pyridine rings is 1. The molecule has 1 amide bonds. The van der Waals surface area contributed by atoms with Crippen LogP contribution in [0.4, 0.5) is 0 Å². The number of amides is 1. The number of methoxy groups -OCH3 is 1. The normalized spacial score (nSPS) is 26.1. The molecule has 1 saturated carbocycles. The van der Waals surface area contributed by atoms with E-state index in [1.807, 2.05) is 41.5 Å². The van der Waals surface area contributed by atoms with Crippen LogP contribution in [0.1, 0.15) is 23.2 Å². The third-order valence-electron chi connectivity index (χ3n) is 5.91. The Bertz CT molecular complexity index is 877. The minimum atomic E-state index is -0.559. The first kappa shape index (κ1) is 20.0. The molecular formula is C22H26N2O4S. The lowest BCUT2D eigenvalue weighted by molar-refractivity contribution is -0.0240. The summed E-state index contributed by atoms with van der Waals surface area (Å²) in [5.41, 5.74) is 0.654. The fourth-order valence-electron chi connectivity index (χ4n) is 4.45. The van der Waals surface area contributed by atoms with Gasteiger partial charge in [0.2, 0.25) is 0 Å². The molecule has 1 aromatic heterocycles. The van der Waals surface area contributed by atoms with Crippen molar-refractivity contribution in [3.63, 3.8) is 0 Å². The highest BCUT2D eigenvalue weighted by Gasteiger charge is 2.44. The number of ether oxygens (including phenoxy) is 2. The number of thioether (sulfide) groups is 1. The number of carbonyl (C=O) groups is 1. The van der Waals surface area contributed by atoms with E-state index in [-0.39, 0.29) is 12.0 Å². The fraction of sp³-hybridized carbons (Fsp3) is 0.455. The predicted molar refractivity (Wildman–Crippen MR) is 112 cm³/mol. The Morgan fingerprint density at radius 2 is 1.86 bits per heavy atom. The molecule has 0 bridgehead atoms. The number of aromatic nitrogens is 1. The lowest BCUT2D eigenvalue weighted by Crippen LogP contribution is -2.42. The first-order chi connectivity index (χ1) is 14.1. The van der Waals surface area contributed by atoms with Crippen LogP contribution in [0.2, 0.25) is 0 Å². The molecule has 0 unspecified atom stereocenters. The Balaban J connectivity index is 1.45. The number of likely N-dealkylation sites (tertiary alicyclic amines) is 1. The number of benzene rings is 1. The number of aliphatic hydroxyl groups is 1. The van der Waals surface area contributed by atoms with Crippen molar-refractivity contribution in [2.24, 2.45) is 11.8 Å². The second-order valence-electron chi connectivity index (χ2n) is 7.64. The topological polar surface area (TPSA) is 71.9 Å². The molecule has 1 aromatic carbocycles. The van der Waals surface area contributed by atoms with E-state index in [9.17, 15) is 9.90 Å². The Kier molecular flexibility index (Phi) is 5.96. The fourth-order valence-corrected chi connectivity index (χ4v) is 4.99. The molecule has 4 rings (SSSR count). The van der Waals surface area contributed by atoms with Gasteiger partial charge in [0.1, 0.15) is 11.1 Å². The van der Waals surface area contributed by atoms with Gasteiger partial charge in [-0.1, -0.05) is 12.1 Å². The van der Waals surface area contributed by atoms with Gasteiger partial charge in [0.05, 0.1) is 18.8 Å². The third-order valence-corrected chi connectivity index (χ3v) is 6.63. The Hall–Kier alpha value is -2.25. The lowest BCUT2D eigenvalue weighted by Gasteiger charge is -2.35. The van der Waals surface area contributed by atoms with Gasteiger partial charge in [0, 0.05) is 19.3 Å². The van der Waals surface area contributed by atoms with Crippen molar-refractivity contribution in [3.8, 4) is 11.5 Å². The van der Waals surface area contributed by atoms with E-state index >= 15 is 0 Å². The van der Waals surface area contributed by atoms with E-state index in [2.05, 4.69) is 4.98 Å². The van der Waals surface area contributed by atoms with E-state index < -0.39 is 6.10 Å². The Morgan fingerprint density at radius 3 is 2.59 bits per heavy atom. The molecule has 7 heteroatoms. The minimum Gasteiger partial charge on any atom is -0.493 e. The highest BCUT2D eigenvalue weighted by Crippen LogP contribution is 2.40. The predicted octanol–water partition coefficient (Wildman–Crippen LogP) is 3.10. The third kappa shape index (κ3) is 4.07. The summed E-state index contributed by atoms with van der Waals surface area (Å²) in [5, 5.41) is 11.4. The first-order valence-corrected chi connectivity index (χ1v) is 11.1. The van der Waals surface area contributed by atoms with Gasteiger partial charge in [-0.15, -0.1) is 11.8 Å². The zero-order valence-electron chi connectivity index (χ0n) is 16.7. The van der Waals surface area contributed by atoms with E-state index in [0.29, 0.717) is 48.4 Å². The van der Waals surface area contributed by atoms with Crippen molar-refractivity contribution in [3.05, 3.63) is 48.2 Å². The summed E-state index contributed by atoms with van der Waals surface area (Å²) < 4.78 is 11.5. The molecular weight excluding hydrogens is 388 g/mol. The molecule has 2 aromatic rings. The molecule has 2 fully saturated rings. The highest BCUT2D eigenvalue weighted by atomic mass is 32.2. The summed E-state index contributed by atoms with van der Waals surface area (Å²) in [6.07, 6.45) is 4.13. The van der Waals surface area contributed by atoms with Crippen LogP contribution in [0, 0.1) is 11.8 Å². The van der Waals surface area contributed by atoms with Crippen molar-refractivity contribution < 1.29 is 19.4 Å². The van der Waals surface area contributed by atoms with E-state index in [1.165, 1.54) is 11.8 Å². The van der Waals surface area contributed by atoms with Crippen LogP contribution in [-0.2, 0) is 0 Å². The maximum Gasteiger partial charge on any atom is 0.256 e. The van der Waals surface area contributed by atoms with Gasteiger partial charge in [-0.3, -0.25) is 4.79 Å². The lowest BCUT2D eigenvalue weighted by atomic mass is 9.78. The molecule has 29 heavy (non-hydrogen) atoms. The summed E-state index contributed by atoms with van der Waals surface area (Å²) in [4.78, 5) is 19.3. The van der Waals surface area contributed by atoms with Crippen LogP contribution in [0.25, 0.3) is 0 Å². The standard InChI is InChI=1S/C22H26N2O4S/c1-27-18-7-3-4-8-19(18)28-20-11-15-13-24(12-14(15)10-17(20)25)22(26)16-6-5-9-23-21(16)29-2/h3-9,14-15,17,20,25H,10-13H2,1-2H3/t14-,15+,17+,20+/m0/s1. The maximum absolute atomic E-state index is 13.1. The summed E-state index contributed by atoms with van der Waals surface area (Å²) in [5.74, 6) is 1.93. The second-order valence-corrected chi connectivity index (χ2v) is 8.43. The quantitative estimate of drug-likeness (QED) is 0.758. The van der Waals surface area contributed by atoms with Gasteiger partial charge in [-0.25, -0.2) is 4.98 Å². The van der Waals surface area contributed by atoms with Gasteiger partial charge in [0.15, 0.2) is 11.5 Å². The van der Waals surface area contributed by atoms with Crippen LogP contribution in [0.5, 0.6) is 11.5 Å². The maximum atomic E-state index is 13.1. The van der Waals surface area contributed by atoms with Gasteiger partial charge in [-0.2, -0.15) is 0 Å². The summed E-state index contributed by atoms with van der Waals surface area (Å²) in [6, 6.07) is 11.1. The first-order valence-electron chi connectivity index (χ1n) is 9.86. The SMILES string of the molecule is COc1ccccc1O[C@@H]1C[C@@H]2CN(C(=O)c3cccnc3SC)C[C@@H]2C[C@H]1O. The van der Waals surface area contributed by atoms with E-state index in [4.69, 9.17) is 9.47 Å². The molecule has 1 N–H and O–H groups in total. The number of hydrogen-bond acceptors (Lipinski definition) is 6. The summed E-state index contributed by atoms with van der Waals surface area (Å²) in [6.45, 7) is 1.36. The number of rotatable bonds is 5. The number of fused-ring (bicyclic) bond motifs is 1. The molecule has 2 aliphatic rings. The Morgan fingerprint density at radius 1 is 1.14 bits per heavy atom. The molecule has 4 atom stereocenters. The van der Waals surface area contributed by atoms with Crippen molar-refractivity contribution in [1.82, 2.24) is 9.88 Å². The van der Waals surface area contributed by atoms with Gasteiger partial charge in [-0.05, 0) is 55.2 Å². The molecule has 154 valence electrons. The highest BCUT2D eigenvalue weighted by molar-refractivity contribution is 7.98. The van der Waals surface area contributed by atoms with Crippen LogP contribution >= 0.6 is 11.8 Å². The molecule has 1 aliphatic carbocycles. The van der Waals surface area contributed by atoms with Crippen LogP contribution in [-0.4, -0.2) is 59.6 Å².